The van der Waals surface area contributed by atoms with Crippen molar-refractivity contribution in [2.24, 2.45) is 11.7 Å². The molecule has 0 aliphatic heterocycles. The minimum absolute atomic E-state index is 0.100. The summed E-state index contributed by atoms with van der Waals surface area (Å²) >= 11 is 0. The first-order valence-electron chi connectivity index (χ1n) is 6.20. The highest BCUT2D eigenvalue weighted by atomic mass is 16.5. The van der Waals surface area contributed by atoms with Crippen LogP contribution in [0.5, 0.6) is 5.75 Å². The zero-order chi connectivity index (χ0) is 15.3. The Morgan fingerprint density at radius 1 is 1.15 bits per heavy atom. The van der Waals surface area contributed by atoms with Gasteiger partial charge < -0.3 is 15.8 Å². The van der Waals surface area contributed by atoms with Crippen LogP contribution in [0.3, 0.4) is 0 Å². The Balaban J connectivity index is 2.77. The number of nitrogens with one attached hydrogen (secondary N) is 1. The predicted octanol–water partition coefficient (Wildman–Crippen LogP) is 0.852. The molecule has 0 aliphatic carbocycles. The molecule has 0 aromatic heterocycles. The van der Waals surface area contributed by atoms with Gasteiger partial charge in [-0.05, 0) is 30.2 Å². The predicted molar refractivity (Wildman–Crippen MR) is 73.0 cm³/mol. The van der Waals surface area contributed by atoms with E-state index in [0.29, 0.717) is 11.3 Å². The highest BCUT2D eigenvalue weighted by molar-refractivity contribution is 5.97. The number of rotatable bonds is 5. The Morgan fingerprint density at radius 2 is 1.70 bits per heavy atom. The second-order valence-corrected chi connectivity index (χ2v) is 4.72. The van der Waals surface area contributed by atoms with Crippen molar-refractivity contribution in [1.29, 1.82) is 0 Å². The summed E-state index contributed by atoms with van der Waals surface area (Å²) in [6, 6.07) is 5.30. The van der Waals surface area contributed by atoms with E-state index in [-0.39, 0.29) is 5.92 Å². The summed E-state index contributed by atoms with van der Waals surface area (Å²) in [5, 5.41) is 2.57. The minimum atomic E-state index is -0.726. The van der Waals surface area contributed by atoms with Crippen LogP contribution in [0.4, 0.5) is 0 Å². The summed E-state index contributed by atoms with van der Waals surface area (Å²) in [5.41, 5.74) is 5.59. The van der Waals surface area contributed by atoms with E-state index in [1.54, 1.807) is 13.8 Å². The van der Waals surface area contributed by atoms with Crippen molar-refractivity contribution in [2.45, 2.75) is 26.8 Å². The molecule has 2 amide bonds. The average Bonchev–Trinajstić information content (AvgIpc) is 2.35. The molecule has 0 heterocycles. The number of hydrogen-bond acceptors (Lipinski definition) is 4. The molecule has 0 radical (unpaired) electrons. The maximum Gasteiger partial charge on any atom is 0.308 e. The fourth-order valence-corrected chi connectivity index (χ4v) is 1.63. The van der Waals surface area contributed by atoms with Crippen LogP contribution in [-0.4, -0.2) is 23.8 Å². The molecule has 3 N–H and O–H groups in total. The van der Waals surface area contributed by atoms with Gasteiger partial charge >= 0.3 is 5.97 Å². The molecule has 1 aromatic carbocycles. The highest BCUT2D eigenvalue weighted by Crippen LogP contribution is 2.13. The smallest absolute Gasteiger partial charge is 0.308 e. The van der Waals surface area contributed by atoms with Crippen molar-refractivity contribution < 1.29 is 19.1 Å². The number of carbonyl (C=O) groups is 3. The van der Waals surface area contributed by atoms with Crippen molar-refractivity contribution in [3.8, 4) is 5.75 Å². The van der Waals surface area contributed by atoms with Crippen molar-refractivity contribution in [3.05, 3.63) is 29.8 Å². The van der Waals surface area contributed by atoms with E-state index in [1.807, 2.05) is 0 Å². The van der Waals surface area contributed by atoms with Crippen LogP contribution in [0.2, 0.25) is 0 Å². The first kappa shape index (κ1) is 15.7. The van der Waals surface area contributed by atoms with Crippen LogP contribution >= 0.6 is 0 Å². The number of nitrogens with two attached hydrogens (primary N) is 1. The van der Waals surface area contributed by atoms with Crippen molar-refractivity contribution in [3.63, 3.8) is 0 Å². The van der Waals surface area contributed by atoms with Gasteiger partial charge in [-0.15, -0.1) is 0 Å². The normalized spacial score (nSPS) is 11.8. The first-order valence-corrected chi connectivity index (χ1v) is 6.20. The summed E-state index contributed by atoms with van der Waals surface area (Å²) < 4.78 is 4.86. The number of ether oxygens (including phenoxy) is 1. The Hall–Kier alpha value is -2.37. The molecule has 20 heavy (non-hydrogen) atoms. The number of benzene rings is 1. The standard InChI is InChI=1S/C14H18N2O4/c1-8(2)12(13(15)18)16-14(19)10-4-6-11(7-5-10)20-9(3)17/h4-8,12H,1-3H3,(H2,15,18)(H,16,19)/t12-/m1/s1. The molecule has 6 heteroatoms. The quantitative estimate of drug-likeness (QED) is 0.616. The summed E-state index contributed by atoms with van der Waals surface area (Å²) in [7, 11) is 0. The van der Waals surface area contributed by atoms with E-state index >= 15 is 0 Å². The van der Waals surface area contributed by atoms with Crippen LogP contribution in [0.25, 0.3) is 0 Å². The molecular formula is C14H18N2O4. The second kappa shape index (κ2) is 6.70. The summed E-state index contributed by atoms with van der Waals surface area (Å²) in [6.45, 7) is 4.87. The first-order chi connectivity index (χ1) is 9.31. The van der Waals surface area contributed by atoms with E-state index in [1.165, 1.54) is 31.2 Å². The molecular weight excluding hydrogens is 260 g/mol. The van der Waals surface area contributed by atoms with E-state index in [2.05, 4.69) is 5.32 Å². The van der Waals surface area contributed by atoms with Crippen LogP contribution in [0.15, 0.2) is 24.3 Å². The molecule has 0 saturated heterocycles. The maximum absolute atomic E-state index is 12.0. The highest BCUT2D eigenvalue weighted by Gasteiger charge is 2.22. The molecule has 0 saturated carbocycles. The average molecular weight is 278 g/mol. The number of carbonyl (C=O) groups excluding carboxylic acids is 3. The third-order valence-electron chi connectivity index (χ3n) is 2.64. The van der Waals surface area contributed by atoms with Gasteiger partial charge in [0.2, 0.25) is 5.91 Å². The Labute approximate surface area is 117 Å². The Kier molecular flexibility index (Phi) is 5.25. The topological polar surface area (TPSA) is 98.5 Å². The lowest BCUT2D eigenvalue weighted by Gasteiger charge is -2.18. The fraction of sp³-hybridized carbons (Fsp3) is 0.357. The van der Waals surface area contributed by atoms with E-state index in [9.17, 15) is 14.4 Å². The second-order valence-electron chi connectivity index (χ2n) is 4.72. The molecule has 6 nitrogen and oxygen atoms in total. The van der Waals surface area contributed by atoms with Gasteiger partial charge in [-0.3, -0.25) is 14.4 Å². The molecule has 0 aliphatic rings. The zero-order valence-corrected chi connectivity index (χ0v) is 11.7. The Morgan fingerprint density at radius 3 is 2.10 bits per heavy atom. The summed E-state index contributed by atoms with van der Waals surface area (Å²) in [6.07, 6.45) is 0. The zero-order valence-electron chi connectivity index (χ0n) is 11.7. The van der Waals surface area contributed by atoms with E-state index < -0.39 is 23.8 Å². The molecule has 108 valence electrons. The third-order valence-corrected chi connectivity index (χ3v) is 2.64. The van der Waals surface area contributed by atoms with Gasteiger partial charge in [0, 0.05) is 12.5 Å². The molecule has 1 aromatic rings. The lowest BCUT2D eigenvalue weighted by molar-refractivity contribution is -0.131. The van der Waals surface area contributed by atoms with Gasteiger partial charge in [-0.25, -0.2) is 0 Å². The maximum atomic E-state index is 12.0. The van der Waals surface area contributed by atoms with Crippen LogP contribution in [-0.2, 0) is 9.59 Å². The van der Waals surface area contributed by atoms with Crippen LogP contribution in [0.1, 0.15) is 31.1 Å². The van der Waals surface area contributed by atoms with E-state index in [0.717, 1.165) is 0 Å². The third kappa shape index (κ3) is 4.38. The van der Waals surface area contributed by atoms with Gasteiger partial charge in [-0.1, -0.05) is 13.8 Å². The van der Waals surface area contributed by atoms with Crippen molar-refractivity contribution in [2.75, 3.05) is 0 Å². The number of esters is 1. The van der Waals surface area contributed by atoms with Gasteiger partial charge in [0.05, 0.1) is 0 Å². The summed E-state index contributed by atoms with van der Waals surface area (Å²) in [5.74, 6) is -1.17. The molecule has 1 rings (SSSR count). The number of hydrogen-bond donors (Lipinski definition) is 2. The minimum Gasteiger partial charge on any atom is -0.427 e. The van der Waals surface area contributed by atoms with E-state index in [4.69, 9.17) is 10.5 Å². The molecule has 0 bridgehead atoms. The monoisotopic (exact) mass is 278 g/mol. The lowest BCUT2D eigenvalue weighted by Crippen LogP contribution is -2.47. The van der Waals surface area contributed by atoms with Gasteiger partial charge in [0.15, 0.2) is 0 Å². The van der Waals surface area contributed by atoms with Crippen LogP contribution in [0, 0.1) is 5.92 Å². The van der Waals surface area contributed by atoms with Crippen LogP contribution < -0.4 is 15.8 Å². The number of amides is 2. The molecule has 0 unspecified atom stereocenters. The lowest BCUT2D eigenvalue weighted by atomic mass is 10.0. The molecule has 0 fully saturated rings. The molecule has 1 atom stereocenters. The number of primary amides is 1. The van der Waals surface area contributed by atoms with Crippen molar-refractivity contribution >= 4 is 17.8 Å². The van der Waals surface area contributed by atoms with Gasteiger partial charge in [0.25, 0.3) is 5.91 Å². The SMILES string of the molecule is CC(=O)Oc1ccc(C(=O)N[C@@H](C(N)=O)C(C)C)cc1. The van der Waals surface area contributed by atoms with Crippen molar-refractivity contribution in [1.82, 2.24) is 5.32 Å². The van der Waals surface area contributed by atoms with Gasteiger partial charge in [0.1, 0.15) is 11.8 Å². The summed E-state index contributed by atoms with van der Waals surface area (Å²) in [4.78, 5) is 34.0. The Bertz CT molecular complexity index is 508. The van der Waals surface area contributed by atoms with Gasteiger partial charge in [-0.2, -0.15) is 0 Å². The molecule has 0 spiro atoms. The fourth-order valence-electron chi connectivity index (χ4n) is 1.63. The largest absolute Gasteiger partial charge is 0.427 e.